The molecule has 1 aliphatic rings. The van der Waals surface area contributed by atoms with Gasteiger partial charge < -0.3 is 4.74 Å². The zero-order chi connectivity index (χ0) is 22.5. The fourth-order valence-electron chi connectivity index (χ4n) is 4.73. The number of ether oxygens (including phenoxy) is 1. The SMILES string of the molecule is FC(F)(F)Oc1ccc(Br)c2c1C(c1ccccc1)(c1ccccc1)c1cc(Cl)ccc1-2. The second kappa shape index (κ2) is 7.68. The minimum Gasteiger partial charge on any atom is -0.405 e. The van der Waals surface area contributed by atoms with Gasteiger partial charge in [0.15, 0.2) is 0 Å². The number of benzene rings is 4. The van der Waals surface area contributed by atoms with Crippen LogP contribution in [0.5, 0.6) is 5.75 Å². The molecule has 0 radical (unpaired) electrons. The van der Waals surface area contributed by atoms with Crippen molar-refractivity contribution in [1.82, 2.24) is 0 Å². The molecule has 0 saturated carbocycles. The molecule has 0 atom stereocenters. The van der Waals surface area contributed by atoms with Crippen molar-refractivity contribution in [3.63, 3.8) is 0 Å². The Morgan fingerprint density at radius 1 is 0.781 bits per heavy atom. The Bertz CT molecular complexity index is 1260. The van der Waals surface area contributed by atoms with Crippen molar-refractivity contribution in [3.8, 4) is 16.9 Å². The molecule has 0 fully saturated rings. The first kappa shape index (κ1) is 21.1. The van der Waals surface area contributed by atoms with Gasteiger partial charge >= 0.3 is 6.36 Å². The van der Waals surface area contributed by atoms with Crippen molar-refractivity contribution >= 4 is 27.5 Å². The molecule has 1 aliphatic carbocycles. The third-order valence-electron chi connectivity index (χ3n) is 5.79. The molecule has 1 nitrogen and oxygen atoms in total. The van der Waals surface area contributed by atoms with Crippen LogP contribution in [0.25, 0.3) is 11.1 Å². The number of hydrogen-bond donors (Lipinski definition) is 0. The largest absolute Gasteiger partial charge is 0.573 e. The molecular formula is C26H15BrClF3O. The van der Waals surface area contributed by atoms with Crippen LogP contribution in [-0.4, -0.2) is 6.36 Å². The van der Waals surface area contributed by atoms with Crippen molar-refractivity contribution in [1.29, 1.82) is 0 Å². The first-order valence-corrected chi connectivity index (χ1v) is 11.0. The standard InChI is InChI=1S/C26H15BrClF3O/c27-21-13-14-22(32-26(29,30)31)24-23(21)19-12-11-18(28)15-20(19)25(24,16-7-3-1-4-8-16)17-9-5-2-6-10-17/h1-15H. The third kappa shape index (κ3) is 3.23. The Hall–Kier alpha value is -2.76. The first-order valence-electron chi connectivity index (χ1n) is 9.82. The highest BCUT2D eigenvalue weighted by molar-refractivity contribution is 9.10. The van der Waals surface area contributed by atoms with E-state index in [9.17, 15) is 13.2 Å². The van der Waals surface area contributed by atoms with Crippen molar-refractivity contribution in [3.05, 3.63) is 123 Å². The minimum absolute atomic E-state index is 0.240. The highest BCUT2D eigenvalue weighted by Gasteiger charge is 2.50. The molecule has 0 bridgehead atoms. The van der Waals surface area contributed by atoms with Gasteiger partial charge in [0.2, 0.25) is 0 Å². The highest BCUT2D eigenvalue weighted by atomic mass is 79.9. The van der Waals surface area contributed by atoms with Crippen molar-refractivity contribution in [2.75, 3.05) is 0 Å². The maximum absolute atomic E-state index is 13.5. The Morgan fingerprint density at radius 2 is 1.38 bits per heavy atom. The summed E-state index contributed by atoms with van der Waals surface area (Å²) in [4.78, 5) is 0. The van der Waals surface area contributed by atoms with E-state index in [-0.39, 0.29) is 5.75 Å². The van der Waals surface area contributed by atoms with Crippen LogP contribution >= 0.6 is 27.5 Å². The van der Waals surface area contributed by atoms with Crippen LogP contribution < -0.4 is 4.74 Å². The van der Waals surface area contributed by atoms with Crippen molar-refractivity contribution in [2.45, 2.75) is 11.8 Å². The molecular weight excluding hydrogens is 501 g/mol. The number of rotatable bonds is 3. The van der Waals surface area contributed by atoms with Gasteiger partial charge in [-0.1, -0.05) is 94.3 Å². The normalized spacial score (nSPS) is 14.0. The summed E-state index contributed by atoms with van der Waals surface area (Å²) in [6.45, 7) is 0. The summed E-state index contributed by atoms with van der Waals surface area (Å²) in [5, 5.41) is 0.502. The predicted octanol–water partition coefficient (Wildman–Crippen LogP) is 8.36. The van der Waals surface area contributed by atoms with E-state index in [4.69, 9.17) is 11.6 Å². The third-order valence-corrected chi connectivity index (χ3v) is 6.68. The average Bonchev–Trinajstić information content (AvgIpc) is 3.08. The smallest absolute Gasteiger partial charge is 0.405 e. The van der Waals surface area contributed by atoms with Gasteiger partial charge in [0.1, 0.15) is 5.75 Å². The van der Waals surface area contributed by atoms with Gasteiger partial charge in [-0.25, -0.2) is 0 Å². The maximum atomic E-state index is 13.5. The van der Waals surface area contributed by atoms with Crippen LogP contribution in [0.4, 0.5) is 13.2 Å². The van der Waals surface area contributed by atoms with Crippen LogP contribution in [-0.2, 0) is 5.41 Å². The number of alkyl halides is 3. The second-order valence-electron chi connectivity index (χ2n) is 7.52. The predicted molar refractivity (Wildman–Crippen MR) is 123 cm³/mol. The fraction of sp³-hybridized carbons (Fsp3) is 0.0769. The van der Waals surface area contributed by atoms with E-state index in [1.165, 1.54) is 6.07 Å². The average molecular weight is 516 g/mol. The molecule has 0 unspecified atom stereocenters. The lowest BCUT2D eigenvalue weighted by Gasteiger charge is -2.35. The lowest BCUT2D eigenvalue weighted by molar-refractivity contribution is -0.275. The molecule has 5 rings (SSSR count). The Morgan fingerprint density at radius 3 is 1.94 bits per heavy atom. The van der Waals surface area contributed by atoms with E-state index in [1.807, 2.05) is 72.8 Å². The molecule has 0 amide bonds. The van der Waals surface area contributed by atoms with E-state index >= 15 is 0 Å². The highest BCUT2D eigenvalue weighted by Crippen LogP contribution is 2.61. The van der Waals surface area contributed by atoms with Gasteiger partial charge in [-0.3, -0.25) is 0 Å². The van der Waals surface area contributed by atoms with Crippen LogP contribution in [0.15, 0.2) is 95.5 Å². The summed E-state index contributed by atoms with van der Waals surface area (Å²) >= 11 is 10.0. The summed E-state index contributed by atoms with van der Waals surface area (Å²) in [6.07, 6.45) is -4.84. The van der Waals surface area contributed by atoms with Crippen LogP contribution in [0.3, 0.4) is 0 Å². The molecule has 4 aromatic rings. The van der Waals surface area contributed by atoms with E-state index in [1.54, 1.807) is 12.1 Å². The van der Waals surface area contributed by atoms with E-state index in [0.29, 0.717) is 20.6 Å². The summed E-state index contributed by atoms with van der Waals surface area (Å²) in [6, 6.07) is 27.4. The van der Waals surface area contributed by atoms with Gasteiger partial charge in [-0.05, 0) is 46.5 Å². The van der Waals surface area contributed by atoms with Crippen LogP contribution in [0.1, 0.15) is 22.3 Å². The number of halogens is 5. The van der Waals surface area contributed by atoms with Crippen molar-refractivity contribution in [2.24, 2.45) is 0 Å². The zero-order valence-electron chi connectivity index (χ0n) is 16.5. The molecule has 0 saturated heterocycles. The van der Waals surface area contributed by atoms with Crippen LogP contribution in [0.2, 0.25) is 5.02 Å². The summed E-state index contributed by atoms with van der Waals surface area (Å²) in [7, 11) is 0. The summed E-state index contributed by atoms with van der Waals surface area (Å²) < 4.78 is 45.8. The molecule has 0 N–H and O–H groups in total. The molecule has 0 spiro atoms. The molecule has 32 heavy (non-hydrogen) atoms. The van der Waals surface area contributed by atoms with Gasteiger partial charge in [0, 0.05) is 20.6 Å². The molecule has 0 aliphatic heterocycles. The molecule has 4 aromatic carbocycles. The zero-order valence-corrected chi connectivity index (χ0v) is 18.8. The molecule has 0 heterocycles. The monoisotopic (exact) mass is 514 g/mol. The lowest BCUT2D eigenvalue weighted by Crippen LogP contribution is -2.30. The first-order chi connectivity index (χ1) is 15.3. The summed E-state index contributed by atoms with van der Waals surface area (Å²) in [5.74, 6) is -0.240. The number of fused-ring (bicyclic) bond motifs is 3. The molecule has 6 heteroatoms. The maximum Gasteiger partial charge on any atom is 0.573 e. The Kier molecular flexibility index (Phi) is 5.06. The topological polar surface area (TPSA) is 9.23 Å². The minimum atomic E-state index is -4.84. The van der Waals surface area contributed by atoms with Gasteiger partial charge in [0.25, 0.3) is 0 Å². The summed E-state index contributed by atoms with van der Waals surface area (Å²) in [5.41, 5.74) is 3.28. The van der Waals surface area contributed by atoms with Gasteiger partial charge in [-0.2, -0.15) is 0 Å². The van der Waals surface area contributed by atoms with Crippen molar-refractivity contribution < 1.29 is 17.9 Å². The number of hydrogen-bond acceptors (Lipinski definition) is 1. The van der Waals surface area contributed by atoms with E-state index < -0.39 is 11.8 Å². The Labute approximate surface area is 196 Å². The lowest BCUT2D eigenvalue weighted by atomic mass is 9.67. The second-order valence-corrected chi connectivity index (χ2v) is 8.81. The molecule has 160 valence electrons. The van der Waals surface area contributed by atoms with Gasteiger partial charge in [-0.15, -0.1) is 13.2 Å². The van der Waals surface area contributed by atoms with E-state index in [2.05, 4.69) is 20.7 Å². The van der Waals surface area contributed by atoms with Crippen LogP contribution in [0, 0.1) is 0 Å². The van der Waals surface area contributed by atoms with E-state index in [0.717, 1.165) is 22.3 Å². The fourth-order valence-corrected chi connectivity index (χ4v) is 5.44. The molecule has 0 aromatic heterocycles. The Balaban J connectivity index is 2.00. The quantitative estimate of drug-likeness (QED) is 0.235. The van der Waals surface area contributed by atoms with Gasteiger partial charge in [0.05, 0.1) is 5.41 Å².